The first kappa shape index (κ1) is 30.0. The molecule has 0 saturated carbocycles. The van der Waals surface area contributed by atoms with Gasteiger partial charge in [-0.15, -0.1) is 0 Å². The van der Waals surface area contributed by atoms with Crippen LogP contribution in [0.5, 0.6) is 0 Å². The van der Waals surface area contributed by atoms with Crippen LogP contribution in [-0.4, -0.2) is 37.9 Å². The molecule has 4 aromatic rings. The van der Waals surface area contributed by atoms with Crippen molar-refractivity contribution in [3.8, 4) is 0 Å². The number of anilines is 3. The summed E-state index contributed by atoms with van der Waals surface area (Å²) < 4.78 is 68.0. The van der Waals surface area contributed by atoms with Gasteiger partial charge in [0.15, 0.2) is 0 Å². The van der Waals surface area contributed by atoms with Crippen molar-refractivity contribution in [3.05, 3.63) is 114 Å². The molecule has 0 bridgehead atoms. The fourth-order valence-electron chi connectivity index (χ4n) is 3.73. The van der Waals surface area contributed by atoms with Crippen LogP contribution in [0.2, 0.25) is 0 Å². The molecule has 0 spiro atoms. The van der Waals surface area contributed by atoms with E-state index >= 15 is 0 Å². The highest BCUT2D eigenvalue weighted by molar-refractivity contribution is 7.86. The van der Waals surface area contributed by atoms with Crippen molar-refractivity contribution in [2.45, 2.75) is 9.79 Å². The molecule has 0 heterocycles. The third-order valence-corrected chi connectivity index (χ3v) is 7.49. The number of carbonyl (C=O) groups excluding carboxylic acids is 2. The maximum absolute atomic E-state index is 12.3. The van der Waals surface area contributed by atoms with Crippen molar-refractivity contribution in [2.24, 2.45) is 0 Å². The Morgan fingerprint density at radius 2 is 1.07 bits per heavy atom. The van der Waals surface area contributed by atoms with Crippen LogP contribution in [-0.2, 0) is 20.2 Å². The van der Waals surface area contributed by atoms with E-state index in [-0.39, 0.29) is 22.5 Å². The Kier molecular flexibility index (Phi) is 9.02. The van der Waals surface area contributed by atoms with E-state index in [1.54, 1.807) is 60.7 Å². The summed E-state index contributed by atoms with van der Waals surface area (Å²) in [5.41, 5.74) is 5.96. The van der Waals surface area contributed by atoms with Crippen molar-refractivity contribution in [1.82, 2.24) is 5.43 Å². The molecule has 0 aliphatic carbocycles. The lowest BCUT2D eigenvalue weighted by Crippen LogP contribution is -2.29. The van der Waals surface area contributed by atoms with Gasteiger partial charge in [-0.2, -0.15) is 16.8 Å². The maximum Gasteiger partial charge on any atom is 0.323 e. The third-order valence-electron chi connectivity index (χ3n) is 5.67. The Hall–Kier alpha value is -5.02. The second-order valence-electron chi connectivity index (χ2n) is 8.68. The van der Waals surface area contributed by atoms with Gasteiger partial charge in [-0.1, -0.05) is 60.7 Å². The molecule has 3 amide bonds. The molecule has 4 aromatic carbocycles. The monoisotopic (exact) mass is 608 g/mol. The number of hydrogen-bond donors (Lipinski definition) is 6. The summed E-state index contributed by atoms with van der Waals surface area (Å²) in [6.45, 7) is 0. The summed E-state index contributed by atoms with van der Waals surface area (Å²) in [5, 5.41) is 5.04. The number of urea groups is 1. The molecule has 42 heavy (non-hydrogen) atoms. The van der Waals surface area contributed by atoms with Gasteiger partial charge in [-0.25, -0.2) is 4.79 Å². The predicted molar refractivity (Wildman–Crippen MR) is 158 cm³/mol. The number of hydrogen-bond acceptors (Lipinski definition) is 7. The van der Waals surface area contributed by atoms with Crippen molar-refractivity contribution in [2.75, 3.05) is 16.1 Å². The van der Waals surface area contributed by atoms with Gasteiger partial charge in [0.1, 0.15) is 9.79 Å². The number of hydrazine groups is 1. The molecular formula is C28H24N4O8S2. The van der Waals surface area contributed by atoms with Crippen molar-refractivity contribution in [3.63, 3.8) is 0 Å². The smallest absolute Gasteiger partial charge is 0.308 e. The average Bonchev–Trinajstić information content (AvgIpc) is 2.95. The quantitative estimate of drug-likeness (QED) is 0.0884. The Morgan fingerprint density at radius 3 is 1.62 bits per heavy atom. The zero-order valence-electron chi connectivity index (χ0n) is 21.6. The lowest BCUT2D eigenvalue weighted by atomic mass is 10.1. The summed E-state index contributed by atoms with van der Waals surface area (Å²) in [6, 6.07) is 23.6. The second-order valence-corrected chi connectivity index (χ2v) is 11.5. The molecule has 0 aliphatic rings. The van der Waals surface area contributed by atoms with Gasteiger partial charge < -0.3 is 10.6 Å². The number of carbonyl (C=O) groups is 2. The molecule has 0 aromatic heterocycles. The van der Waals surface area contributed by atoms with Gasteiger partial charge in [0.25, 0.3) is 26.1 Å². The maximum atomic E-state index is 12.3. The van der Waals surface area contributed by atoms with E-state index < -0.39 is 42.0 Å². The standard InChI is InChI=1S/C28H24N4O8S2/c33-27(21-7-3-1-4-8-21)32-31-24-16-14-20(26(18-24)42(38,39)40)12-11-19-13-15-23(17-25(19)41(35,36)37)30-28(34)29-22-9-5-2-6-10-22/h1-18,31H,(H,32,33)(H2,29,30,34)(H,35,36,37)(H,38,39,40)/b12-11+. The molecule has 6 N–H and O–H groups in total. The van der Waals surface area contributed by atoms with Crippen molar-refractivity contribution < 1.29 is 35.5 Å². The summed E-state index contributed by atoms with van der Waals surface area (Å²) in [4.78, 5) is 23.4. The van der Waals surface area contributed by atoms with E-state index in [9.17, 15) is 35.5 Å². The second kappa shape index (κ2) is 12.7. The summed E-state index contributed by atoms with van der Waals surface area (Å²) in [5.74, 6) is -0.485. The Bertz CT molecular complexity index is 1860. The first-order valence-electron chi connectivity index (χ1n) is 12.1. The SMILES string of the molecule is O=C(Nc1ccccc1)Nc1ccc(/C=C/c2ccc(NNC(=O)c3ccccc3)cc2S(=O)(=O)O)c(S(=O)(=O)O)c1. The molecule has 216 valence electrons. The molecule has 0 radical (unpaired) electrons. The summed E-state index contributed by atoms with van der Waals surface area (Å²) in [6.07, 6.45) is 2.43. The average molecular weight is 609 g/mol. The first-order valence-corrected chi connectivity index (χ1v) is 14.9. The van der Waals surface area contributed by atoms with E-state index in [1.807, 2.05) is 0 Å². The van der Waals surface area contributed by atoms with Gasteiger partial charge in [-0.3, -0.25) is 24.8 Å². The van der Waals surface area contributed by atoms with Gasteiger partial charge in [0.05, 0.1) is 5.69 Å². The number of rotatable bonds is 9. The Balaban J connectivity index is 1.56. The highest BCUT2D eigenvalue weighted by atomic mass is 32.2. The minimum absolute atomic E-state index is 0.0248. The molecule has 4 rings (SSSR count). The summed E-state index contributed by atoms with van der Waals surface area (Å²) >= 11 is 0. The van der Waals surface area contributed by atoms with Gasteiger partial charge in [0.2, 0.25) is 0 Å². The lowest BCUT2D eigenvalue weighted by molar-refractivity contribution is 0.0962. The fraction of sp³-hybridized carbons (Fsp3) is 0. The first-order chi connectivity index (χ1) is 19.9. The number of nitrogens with one attached hydrogen (secondary N) is 4. The predicted octanol–water partition coefficient (Wildman–Crippen LogP) is 4.75. The van der Waals surface area contributed by atoms with Crippen LogP contribution < -0.4 is 21.5 Å². The van der Waals surface area contributed by atoms with Crippen molar-refractivity contribution >= 4 is 61.4 Å². The van der Waals surface area contributed by atoms with E-state index in [1.165, 1.54) is 36.4 Å². The fourth-order valence-corrected chi connectivity index (χ4v) is 5.15. The van der Waals surface area contributed by atoms with Crippen LogP contribution in [0.3, 0.4) is 0 Å². The highest BCUT2D eigenvalue weighted by Crippen LogP contribution is 2.26. The Labute approximate surface area is 241 Å². The highest BCUT2D eigenvalue weighted by Gasteiger charge is 2.18. The summed E-state index contributed by atoms with van der Waals surface area (Å²) in [7, 11) is -9.54. The molecule has 12 nitrogen and oxygen atoms in total. The minimum atomic E-state index is -4.78. The minimum Gasteiger partial charge on any atom is -0.308 e. The van der Waals surface area contributed by atoms with Gasteiger partial charge in [0, 0.05) is 16.9 Å². The zero-order valence-corrected chi connectivity index (χ0v) is 23.2. The lowest BCUT2D eigenvalue weighted by Gasteiger charge is -2.12. The van der Waals surface area contributed by atoms with Crippen LogP contribution in [0.4, 0.5) is 21.9 Å². The van der Waals surface area contributed by atoms with E-state index in [0.29, 0.717) is 11.3 Å². The molecule has 0 atom stereocenters. The zero-order chi connectivity index (χ0) is 30.3. The largest absolute Gasteiger partial charge is 0.323 e. The molecular weight excluding hydrogens is 584 g/mol. The van der Waals surface area contributed by atoms with E-state index in [2.05, 4.69) is 21.5 Å². The molecule has 0 aliphatic heterocycles. The molecule has 0 fully saturated rings. The van der Waals surface area contributed by atoms with Gasteiger partial charge in [-0.05, 0) is 59.7 Å². The van der Waals surface area contributed by atoms with E-state index in [4.69, 9.17) is 0 Å². The molecule has 0 unspecified atom stereocenters. The normalized spacial score (nSPS) is 11.6. The van der Waals surface area contributed by atoms with Crippen LogP contribution in [0, 0.1) is 0 Å². The topological polar surface area (TPSA) is 191 Å². The van der Waals surface area contributed by atoms with Gasteiger partial charge >= 0.3 is 6.03 Å². The van der Waals surface area contributed by atoms with Crippen molar-refractivity contribution in [1.29, 1.82) is 0 Å². The third kappa shape index (κ3) is 8.02. The Morgan fingerprint density at radius 1 is 0.595 bits per heavy atom. The van der Waals surface area contributed by atoms with Crippen LogP contribution in [0.15, 0.2) is 107 Å². The number of benzene rings is 4. The van der Waals surface area contributed by atoms with Crippen LogP contribution >= 0.6 is 0 Å². The number of para-hydroxylation sites is 1. The molecule has 0 saturated heterocycles. The number of amides is 3. The molecule has 14 heteroatoms. The van der Waals surface area contributed by atoms with Crippen LogP contribution in [0.1, 0.15) is 21.5 Å². The van der Waals surface area contributed by atoms with Crippen LogP contribution in [0.25, 0.3) is 12.2 Å². The van der Waals surface area contributed by atoms with E-state index in [0.717, 1.165) is 12.1 Å².